The summed E-state index contributed by atoms with van der Waals surface area (Å²) in [4.78, 5) is 12.1. The summed E-state index contributed by atoms with van der Waals surface area (Å²) in [6, 6.07) is 13.7. The predicted octanol–water partition coefficient (Wildman–Crippen LogP) is 5.98. The molecule has 1 amide bonds. The molecule has 0 saturated heterocycles. The Morgan fingerprint density at radius 1 is 1.04 bits per heavy atom. The molecule has 26 heavy (non-hydrogen) atoms. The molecule has 0 bridgehead atoms. The first-order valence-corrected chi connectivity index (χ1v) is 8.72. The summed E-state index contributed by atoms with van der Waals surface area (Å²) in [6.07, 6.45) is 1.40. The standard InChI is InChI=1S/C19H13Cl3N2O2/c1-11-2-3-12(8-16(11)21)19(25)24-23-10-14-5-7-18(26-14)15-6-4-13(20)9-17(15)22/h2-10H,1H3,(H,24,25)/b23-10+. The Balaban J connectivity index is 1.68. The van der Waals surface area contributed by atoms with Crippen LogP contribution in [0, 0.1) is 6.92 Å². The molecule has 3 rings (SSSR count). The fraction of sp³-hybridized carbons (Fsp3) is 0.0526. The fourth-order valence-corrected chi connectivity index (χ4v) is 2.89. The Morgan fingerprint density at radius 2 is 1.85 bits per heavy atom. The van der Waals surface area contributed by atoms with Crippen molar-refractivity contribution in [2.45, 2.75) is 6.92 Å². The van der Waals surface area contributed by atoms with E-state index < -0.39 is 0 Å². The van der Waals surface area contributed by atoms with E-state index >= 15 is 0 Å². The van der Waals surface area contributed by atoms with Gasteiger partial charge in [0.15, 0.2) is 0 Å². The number of carbonyl (C=O) groups is 1. The normalized spacial score (nSPS) is 11.1. The second kappa shape index (κ2) is 7.96. The van der Waals surface area contributed by atoms with Crippen LogP contribution in [0.4, 0.5) is 0 Å². The van der Waals surface area contributed by atoms with E-state index in [0.717, 1.165) is 5.56 Å². The SMILES string of the molecule is Cc1ccc(C(=O)N/N=C/c2ccc(-c3ccc(Cl)cc3Cl)o2)cc1Cl. The molecule has 0 spiro atoms. The van der Waals surface area contributed by atoms with Crippen molar-refractivity contribution in [1.82, 2.24) is 5.43 Å². The molecule has 0 aliphatic carbocycles. The van der Waals surface area contributed by atoms with Gasteiger partial charge in [0.2, 0.25) is 0 Å². The maximum Gasteiger partial charge on any atom is 0.271 e. The van der Waals surface area contributed by atoms with Gasteiger partial charge in [-0.15, -0.1) is 0 Å². The van der Waals surface area contributed by atoms with E-state index in [4.69, 9.17) is 39.2 Å². The number of furan rings is 1. The first-order valence-electron chi connectivity index (χ1n) is 7.59. The highest BCUT2D eigenvalue weighted by molar-refractivity contribution is 6.36. The highest BCUT2D eigenvalue weighted by Gasteiger charge is 2.09. The number of hydrazone groups is 1. The first kappa shape index (κ1) is 18.5. The fourth-order valence-electron chi connectivity index (χ4n) is 2.21. The smallest absolute Gasteiger partial charge is 0.271 e. The molecule has 7 heteroatoms. The molecule has 4 nitrogen and oxygen atoms in total. The Morgan fingerprint density at radius 3 is 2.58 bits per heavy atom. The van der Waals surface area contributed by atoms with Crippen molar-refractivity contribution in [3.05, 3.63) is 80.5 Å². The zero-order valence-electron chi connectivity index (χ0n) is 13.6. The third kappa shape index (κ3) is 4.28. The number of nitrogens with zero attached hydrogens (tertiary/aromatic N) is 1. The Hall–Kier alpha value is -2.27. The predicted molar refractivity (Wildman–Crippen MR) is 105 cm³/mol. The van der Waals surface area contributed by atoms with Crippen LogP contribution in [0.5, 0.6) is 0 Å². The number of benzene rings is 2. The second-order valence-electron chi connectivity index (χ2n) is 5.49. The molecule has 0 unspecified atom stereocenters. The van der Waals surface area contributed by atoms with Crippen molar-refractivity contribution < 1.29 is 9.21 Å². The van der Waals surface area contributed by atoms with Gasteiger partial charge in [0.25, 0.3) is 5.91 Å². The lowest BCUT2D eigenvalue weighted by atomic mass is 10.1. The summed E-state index contributed by atoms with van der Waals surface area (Å²) in [5.41, 5.74) is 4.47. The van der Waals surface area contributed by atoms with Gasteiger partial charge in [-0.1, -0.05) is 40.9 Å². The second-order valence-corrected chi connectivity index (χ2v) is 6.74. The van der Waals surface area contributed by atoms with Gasteiger partial charge in [-0.2, -0.15) is 5.10 Å². The Bertz CT molecular complexity index is 996. The van der Waals surface area contributed by atoms with Crippen LogP contribution in [-0.4, -0.2) is 12.1 Å². The van der Waals surface area contributed by atoms with Crippen LogP contribution in [0.2, 0.25) is 15.1 Å². The highest BCUT2D eigenvalue weighted by atomic mass is 35.5. The summed E-state index contributed by atoms with van der Waals surface area (Å²) in [6.45, 7) is 1.86. The lowest BCUT2D eigenvalue weighted by Crippen LogP contribution is -2.17. The number of hydrogen-bond acceptors (Lipinski definition) is 3. The van der Waals surface area contributed by atoms with Gasteiger partial charge in [0.05, 0.1) is 11.2 Å². The largest absolute Gasteiger partial charge is 0.455 e. The van der Waals surface area contributed by atoms with Crippen molar-refractivity contribution >= 4 is 46.9 Å². The van der Waals surface area contributed by atoms with Crippen LogP contribution >= 0.6 is 34.8 Å². The van der Waals surface area contributed by atoms with Crippen LogP contribution in [0.1, 0.15) is 21.7 Å². The molecular weight excluding hydrogens is 395 g/mol. The topological polar surface area (TPSA) is 54.6 Å². The molecule has 2 aromatic carbocycles. The maximum atomic E-state index is 12.1. The van der Waals surface area contributed by atoms with Crippen molar-refractivity contribution in [1.29, 1.82) is 0 Å². The number of halogens is 3. The van der Waals surface area contributed by atoms with Crippen LogP contribution in [-0.2, 0) is 0 Å². The van der Waals surface area contributed by atoms with Crippen molar-refractivity contribution in [3.8, 4) is 11.3 Å². The summed E-state index contributed by atoms with van der Waals surface area (Å²) in [5, 5.41) is 5.46. The van der Waals surface area contributed by atoms with Gasteiger partial charge in [-0.3, -0.25) is 4.79 Å². The molecule has 0 aliphatic rings. The van der Waals surface area contributed by atoms with Crippen LogP contribution in [0.25, 0.3) is 11.3 Å². The van der Waals surface area contributed by atoms with Crippen molar-refractivity contribution in [3.63, 3.8) is 0 Å². The van der Waals surface area contributed by atoms with Crippen LogP contribution < -0.4 is 5.43 Å². The molecule has 0 aliphatic heterocycles. The summed E-state index contributed by atoms with van der Waals surface area (Å²) >= 11 is 18.1. The number of aryl methyl sites for hydroxylation is 1. The Labute approximate surface area is 165 Å². The van der Waals surface area contributed by atoms with Crippen LogP contribution in [0.15, 0.2) is 58.0 Å². The number of nitrogens with one attached hydrogen (secondary N) is 1. The molecular formula is C19H13Cl3N2O2. The molecule has 0 saturated carbocycles. The monoisotopic (exact) mass is 406 g/mol. The van der Waals surface area contributed by atoms with E-state index in [1.165, 1.54) is 6.21 Å². The summed E-state index contributed by atoms with van der Waals surface area (Å²) in [5.74, 6) is 0.675. The quantitative estimate of drug-likeness (QED) is 0.427. The number of rotatable bonds is 4. The lowest BCUT2D eigenvalue weighted by Gasteiger charge is -2.02. The minimum Gasteiger partial charge on any atom is -0.455 e. The third-order valence-electron chi connectivity index (χ3n) is 3.62. The van der Waals surface area contributed by atoms with Crippen molar-refractivity contribution in [2.75, 3.05) is 0 Å². The van der Waals surface area contributed by atoms with Gasteiger partial charge in [-0.05, 0) is 55.0 Å². The van der Waals surface area contributed by atoms with E-state index in [2.05, 4.69) is 10.5 Å². The number of hydrogen-bond donors (Lipinski definition) is 1. The van der Waals surface area contributed by atoms with Crippen LogP contribution in [0.3, 0.4) is 0 Å². The molecule has 0 radical (unpaired) electrons. The number of carbonyl (C=O) groups excluding carboxylic acids is 1. The molecule has 1 heterocycles. The van der Waals surface area contributed by atoms with E-state index in [-0.39, 0.29) is 5.91 Å². The minimum atomic E-state index is -0.365. The highest BCUT2D eigenvalue weighted by Crippen LogP contribution is 2.31. The van der Waals surface area contributed by atoms with E-state index in [1.54, 1.807) is 48.5 Å². The van der Waals surface area contributed by atoms with Gasteiger partial charge in [-0.25, -0.2) is 5.43 Å². The molecule has 1 N–H and O–H groups in total. The zero-order chi connectivity index (χ0) is 18.7. The lowest BCUT2D eigenvalue weighted by molar-refractivity contribution is 0.0955. The molecule has 0 atom stereocenters. The van der Waals surface area contributed by atoms with Gasteiger partial charge in [0, 0.05) is 21.2 Å². The molecule has 3 aromatic rings. The first-order chi connectivity index (χ1) is 12.4. The zero-order valence-corrected chi connectivity index (χ0v) is 15.9. The molecule has 132 valence electrons. The summed E-state index contributed by atoms with van der Waals surface area (Å²) < 4.78 is 5.66. The van der Waals surface area contributed by atoms with E-state index in [9.17, 15) is 4.79 Å². The van der Waals surface area contributed by atoms with Crippen molar-refractivity contribution in [2.24, 2.45) is 5.10 Å². The number of amides is 1. The average molecular weight is 408 g/mol. The van der Waals surface area contributed by atoms with Gasteiger partial charge in [0.1, 0.15) is 11.5 Å². The van der Waals surface area contributed by atoms with Gasteiger partial charge < -0.3 is 4.42 Å². The molecule has 1 aromatic heterocycles. The molecule has 0 fully saturated rings. The summed E-state index contributed by atoms with van der Waals surface area (Å²) in [7, 11) is 0. The third-order valence-corrected chi connectivity index (χ3v) is 4.57. The van der Waals surface area contributed by atoms with Gasteiger partial charge >= 0.3 is 0 Å². The van der Waals surface area contributed by atoms with E-state index in [0.29, 0.717) is 37.7 Å². The minimum absolute atomic E-state index is 0.365. The Kier molecular flexibility index (Phi) is 5.67. The average Bonchev–Trinajstić information content (AvgIpc) is 3.05. The maximum absolute atomic E-state index is 12.1. The van der Waals surface area contributed by atoms with E-state index in [1.807, 2.05) is 6.92 Å².